The van der Waals surface area contributed by atoms with Gasteiger partial charge in [0, 0.05) is 6.08 Å². The molecule has 2 heterocycles. The smallest absolute Gasteiger partial charge is 0.245 e. The van der Waals surface area contributed by atoms with Gasteiger partial charge < -0.3 is 20.5 Å². The summed E-state index contributed by atoms with van der Waals surface area (Å²) in [5, 5.41) is 12.7. The molecular formula is C15H14BrN3O2. The van der Waals surface area contributed by atoms with E-state index in [1.165, 1.54) is 0 Å². The summed E-state index contributed by atoms with van der Waals surface area (Å²) >= 11 is 3.56. The van der Waals surface area contributed by atoms with Crippen molar-refractivity contribution in [1.29, 1.82) is 5.26 Å². The van der Waals surface area contributed by atoms with Gasteiger partial charge in [0.05, 0.1) is 10.2 Å². The van der Waals surface area contributed by atoms with Crippen molar-refractivity contribution >= 4 is 21.6 Å². The van der Waals surface area contributed by atoms with Crippen LogP contribution in [0.2, 0.25) is 0 Å². The summed E-state index contributed by atoms with van der Waals surface area (Å²) < 4.78 is 12.3. The first kappa shape index (κ1) is 13.8. The lowest BCUT2D eigenvalue weighted by atomic mass is 10.0. The Hall–Kier alpha value is -2.13. The number of hydrogen-bond donors (Lipinski definition) is 2. The van der Waals surface area contributed by atoms with E-state index in [2.05, 4.69) is 27.3 Å². The molecule has 0 saturated carbocycles. The molecule has 0 aromatic heterocycles. The predicted octanol–water partition coefficient (Wildman–Crippen LogP) is 3.19. The highest BCUT2D eigenvalue weighted by atomic mass is 79.9. The van der Waals surface area contributed by atoms with E-state index >= 15 is 0 Å². The topological polar surface area (TPSA) is 80.3 Å². The van der Waals surface area contributed by atoms with Crippen molar-refractivity contribution in [2.45, 2.75) is 26.5 Å². The van der Waals surface area contributed by atoms with Crippen LogP contribution in [0.15, 0.2) is 33.8 Å². The number of fused-ring (bicyclic) bond motifs is 1. The molecule has 3 rings (SSSR count). The lowest BCUT2D eigenvalue weighted by molar-refractivity contribution is 0.174. The first-order valence-corrected chi connectivity index (χ1v) is 7.22. The third-order valence-corrected chi connectivity index (χ3v) is 4.67. The fourth-order valence-corrected chi connectivity index (χ4v) is 3.15. The normalized spacial score (nSPS) is 22.9. The lowest BCUT2D eigenvalue weighted by Crippen LogP contribution is -2.44. The average Bonchev–Trinajstić information content (AvgIpc) is 2.74. The summed E-state index contributed by atoms with van der Waals surface area (Å²) in [7, 11) is 0. The van der Waals surface area contributed by atoms with E-state index in [1.54, 1.807) is 13.0 Å². The zero-order valence-corrected chi connectivity index (χ0v) is 13.5. The molecule has 0 saturated heterocycles. The Morgan fingerprint density at radius 2 is 2.10 bits per heavy atom. The summed E-state index contributed by atoms with van der Waals surface area (Å²) in [6.45, 7) is 5.80. The van der Waals surface area contributed by atoms with Crippen molar-refractivity contribution in [2.24, 2.45) is 5.73 Å². The molecule has 1 unspecified atom stereocenters. The maximum atomic E-state index is 9.40. The number of anilines is 1. The average molecular weight is 348 g/mol. The number of nitrogens with zero attached hydrogens (tertiary/aromatic N) is 1. The molecule has 5 nitrogen and oxygen atoms in total. The van der Waals surface area contributed by atoms with E-state index < -0.39 is 5.72 Å². The Labute approximate surface area is 131 Å². The van der Waals surface area contributed by atoms with Crippen molar-refractivity contribution in [2.75, 3.05) is 5.32 Å². The SMILES string of the molecule is CC1=CC2(Nc3cc(C)c(C)c(Br)c3O2)C(C#N)=C(N)O1. The molecule has 0 amide bonds. The minimum atomic E-state index is -1.10. The molecule has 1 atom stereocenters. The minimum Gasteiger partial charge on any atom is -0.456 e. The fraction of sp³-hybridized carbons (Fsp3) is 0.267. The van der Waals surface area contributed by atoms with E-state index in [4.69, 9.17) is 15.2 Å². The number of aryl methyl sites for hydroxylation is 1. The second-order valence-electron chi connectivity index (χ2n) is 5.18. The van der Waals surface area contributed by atoms with Gasteiger partial charge in [0.25, 0.3) is 0 Å². The Morgan fingerprint density at radius 1 is 1.38 bits per heavy atom. The summed E-state index contributed by atoms with van der Waals surface area (Å²) in [6, 6.07) is 4.07. The van der Waals surface area contributed by atoms with Crippen LogP contribution in [0.25, 0.3) is 0 Å². The quantitative estimate of drug-likeness (QED) is 0.753. The van der Waals surface area contributed by atoms with Crippen molar-refractivity contribution < 1.29 is 9.47 Å². The lowest BCUT2D eigenvalue weighted by Gasteiger charge is -2.30. The molecule has 1 aromatic carbocycles. The number of nitrogens with one attached hydrogen (secondary N) is 1. The Bertz CT molecular complexity index is 761. The number of rotatable bonds is 0. The van der Waals surface area contributed by atoms with Gasteiger partial charge in [-0.25, -0.2) is 0 Å². The minimum absolute atomic E-state index is 0.0578. The molecule has 0 bridgehead atoms. The van der Waals surface area contributed by atoms with Crippen LogP contribution in [0.4, 0.5) is 5.69 Å². The van der Waals surface area contributed by atoms with Crippen LogP contribution in [0, 0.1) is 25.2 Å². The standard InChI is InChI=1S/C15H14BrN3O2/c1-7-4-11-13(12(16)9(7)3)21-15(19-11)5-8(2)20-14(18)10(15)6-17/h4-5,19H,18H2,1-3H3. The van der Waals surface area contributed by atoms with E-state index in [9.17, 15) is 5.26 Å². The van der Waals surface area contributed by atoms with Gasteiger partial charge in [0.15, 0.2) is 11.3 Å². The second kappa shape index (κ2) is 4.43. The highest BCUT2D eigenvalue weighted by Crippen LogP contribution is 2.48. The van der Waals surface area contributed by atoms with Gasteiger partial charge in [-0.05, 0) is 53.9 Å². The fourth-order valence-electron chi connectivity index (χ4n) is 2.54. The predicted molar refractivity (Wildman–Crippen MR) is 82.3 cm³/mol. The van der Waals surface area contributed by atoms with Gasteiger partial charge in [-0.15, -0.1) is 0 Å². The molecule has 6 heteroatoms. The van der Waals surface area contributed by atoms with Gasteiger partial charge in [-0.1, -0.05) is 0 Å². The van der Waals surface area contributed by atoms with Crippen LogP contribution < -0.4 is 15.8 Å². The van der Waals surface area contributed by atoms with Gasteiger partial charge in [0.2, 0.25) is 11.6 Å². The van der Waals surface area contributed by atoms with Crippen LogP contribution >= 0.6 is 15.9 Å². The zero-order chi connectivity index (χ0) is 15.4. The van der Waals surface area contributed by atoms with E-state index in [1.807, 2.05) is 19.9 Å². The number of allylic oxidation sites excluding steroid dienone is 1. The number of nitrogens with two attached hydrogens (primary N) is 1. The third-order valence-electron chi connectivity index (χ3n) is 3.72. The van der Waals surface area contributed by atoms with E-state index in [-0.39, 0.29) is 11.5 Å². The van der Waals surface area contributed by atoms with Gasteiger partial charge >= 0.3 is 0 Å². The molecule has 21 heavy (non-hydrogen) atoms. The van der Waals surface area contributed by atoms with Crippen molar-refractivity contribution in [3.63, 3.8) is 0 Å². The van der Waals surface area contributed by atoms with Crippen LogP contribution in [0.3, 0.4) is 0 Å². The monoisotopic (exact) mass is 347 g/mol. The molecule has 108 valence electrons. The van der Waals surface area contributed by atoms with Crippen molar-refractivity contribution in [1.82, 2.24) is 0 Å². The van der Waals surface area contributed by atoms with Crippen LogP contribution in [-0.2, 0) is 4.74 Å². The van der Waals surface area contributed by atoms with Crippen LogP contribution in [0.5, 0.6) is 5.75 Å². The van der Waals surface area contributed by atoms with E-state index in [0.717, 1.165) is 21.3 Å². The third kappa shape index (κ3) is 1.88. The Morgan fingerprint density at radius 3 is 2.76 bits per heavy atom. The van der Waals surface area contributed by atoms with Crippen molar-refractivity contribution in [3.8, 4) is 11.8 Å². The highest BCUT2D eigenvalue weighted by Gasteiger charge is 2.46. The number of hydrogen-bond acceptors (Lipinski definition) is 5. The number of nitriles is 1. The molecule has 0 aliphatic carbocycles. The largest absolute Gasteiger partial charge is 0.456 e. The van der Waals surface area contributed by atoms with Gasteiger partial charge in [0.1, 0.15) is 11.8 Å². The molecule has 2 aliphatic heterocycles. The molecule has 1 spiro atoms. The number of benzene rings is 1. The summed E-state index contributed by atoms with van der Waals surface area (Å²) in [4.78, 5) is 0. The van der Waals surface area contributed by atoms with Gasteiger partial charge in [-0.3, -0.25) is 0 Å². The molecule has 2 aliphatic rings. The van der Waals surface area contributed by atoms with Gasteiger partial charge in [-0.2, -0.15) is 5.26 Å². The van der Waals surface area contributed by atoms with Crippen LogP contribution in [-0.4, -0.2) is 5.72 Å². The molecule has 0 radical (unpaired) electrons. The Kier molecular flexibility index (Phi) is 2.92. The zero-order valence-electron chi connectivity index (χ0n) is 11.9. The first-order valence-electron chi connectivity index (χ1n) is 6.42. The summed E-state index contributed by atoms with van der Waals surface area (Å²) in [5.41, 5.74) is 7.97. The summed E-state index contributed by atoms with van der Waals surface area (Å²) in [5.74, 6) is 1.31. The first-order chi connectivity index (χ1) is 9.88. The molecular weight excluding hydrogens is 334 g/mol. The molecule has 1 aromatic rings. The highest BCUT2D eigenvalue weighted by molar-refractivity contribution is 9.10. The number of ether oxygens (including phenoxy) is 2. The number of halogens is 1. The molecule has 3 N–H and O–H groups in total. The second-order valence-corrected chi connectivity index (χ2v) is 5.97. The van der Waals surface area contributed by atoms with E-state index in [0.29, 0.717) is 11.5 Å². The maximum Gasteiger partial charge on any atom is 0.245 e. The maximum absolute atomic E-state index is 9.40. The Balaban J connectivity index is 2.18. The van der Waals surface area contributed by atoms with Crippen LogP contribution in [0.1, 0.15) is 18.1 Å². The molecule has 0 fully saturated rings. The summed E-state index contributed by atoms with van der Waals surface area (Å²) in [6.07, 6.45) is 1.72. The van der Waals surface area contributed by atoms with Crippen molar-refractivity contribution in [3.05, 3.63) is 45.0 Å².